The predicted octanol–water partition coefficient (Wildman–Crippen LogP) is 5.07. The van der Waals surface area contributed by atoms with Gasteiger partial charge < -0.3 is 0 Å². The topological polar surface area (TPSA) is 0 Å². The second-order valence-corrected chi connectivity index (χ2v) is 6.21. The molecule has 2 unspecified atom stereocenters. The number of aryl methyl sites for hydroxylation is 1. The van der Waals surface area contributed by atoms with Crippen molar-refractivity contribution in [3.8, 4) is 0 Å². The molecule has 0 amide bonds. The molecule has 1 aliphatic carbocycles. The molecular formula is C17H16BrF. The molecule has 19 heavy (non-hydrogen) atoms. The maximum absolute atomic E-state index is 13.0. The normalized spacial score (nSPS) is 19.8. The second kappa shape index (κ2) is 5.46. The highest BCUT2D eigenvalue weighted by Gasteiger charge is 2.25. The van der Waals surface area contributed by atoms with Crippen LogP contribution in [0.5, 0.6) is 0 Å². The van der Waals surface area contributed by atoms with Crippen molar-refractivity contribution in [2.24, 2.45) is 5.92 Å². The fourth-order valence-corrected chi connectivity index (χ4v) is 3.65. The van der Waals surface area contributed by atoms with E-state index < -0.39 is 0 Å². The van der Waals surface area contributed by atoms with Crippen LogP contribution in [-0.2, 0) is 12.8 Å². The first-order valence-corrected chi connectivity index (χ1v) is 7.62. The first-order valence-electron chi connectivity index (χ1n) is 6.70. The monoisotopic (exact) mass is 318 g/mol. The van der Waals surface area contributed by atoms with Gasteiger partial charge in [0.15, 0.2) is 0 Å². The lowest BCUT2D eigenvalue weighted by molar-refractivity contribution is 0.452. The van der Waals surface area contributed by atoms with E-state index >= 15 is 0 Å². The Kier molecular flexibility index (Phi) is 3.69. The van der Waals surface area contributed by atoms with E-state index in [1.54, 1.807) is 12.1 Å². The van der Waals surface area contributed by atoms with E-state index in [-0.39, 0.29) is 5.82 Å². The lowest BCUT2D eigenvalue weighted by Gasteiger charge is -2.28. The SMILES string of the molecule is Fc1ccc(C(Br)C2CCc3ccccc3C2)cc1. The molecule has 1 aliphatic rings. The fourth-order valence-electron chi connectivity index (χ4n) is 2.89. The van der Waals surface area contributed by atoms with Gasteiger partial charge in [-0.05, 0) is 54.0 Å². The van der Waals surface area contributed by atoms with Gasteiger partial charge in [-0.2, -0.15) is 0 Å². The van der Waals surface area contributed by atoms with E-state index in [1.165, 1.54) is 23.1 Å². The van der Waals surface area contributed by atoms with Gasteiger partial charge >= 0.3 is 0 Å². The third-order valence-corrected chi connectivity index (χ3v) is 5.26. The van der Waals surface area contributed by atoms with Crippen molar-refractivity contribution in [1.82, 2.24) is 0 Å². The number of halogens is 2. The number of hydrogen-bond donors (Lipinski definition) is 0. The minimum Gasteiger partial charge on any atom is -0.207 e. The van der Waals surface area contributed by atoms with E-state index in [1.807, 2.05) is 12.1 Å². The van der Waals surface area contributed by atoms with Crippen molar-refractivity contribution >= 4 is 15.9 Å². The van der Waals surface area contributed by atoms with E-state index in [9.17, 15) is 4.39 Å². The Balaban J connectivity index is 1.79. The van der Waals surface area contributed by atoms with Crippen molar-refractivity contribution in [2.75, 3.05) is 0 Å². The van der Waals surface area contributed by atoms with E-state index in [0.717, 1.165) is 12.8 Å². The molecule has 0 fully saturated rings. The number of rotatable bonds is 2. The highest BCUT2D eigenvalue weighted by atomic mass is 79.9. The van der Waals surface area contributed by atoms with E-state index in [2.05, 4.69) is 40.2 Å². The van der Waals surface area contributed by atoms with Crippen molar-refractivity contribution < 1.29 is 4.39 Å². The van der Waals surface area contributed by atoms with Crippen LogP contribution >= 0.6 is 15.9 Å². The summed E-state index contributed by atoms with van der Waals surface area (Å²) >= 11 is 3.80. The highest BCUT2D eigenvalue weighted by Crippen LogP contribution is 2.39. The number of benzene rings is 2. The Bertz CT molecular complexity index is 562. The summed E-state index contributed by atoms with van der Waals surface area (Å²) in [7, 11) is 0. The molecule has 0 nitrogen and oxygen atoms in total. The summed E-state index contributed by atoms with van der Waals surface area (Å²) in [5.74, 6) is 0.415. The van der Waals surface area contributed by atoms with Crippen LogP contribution < -0.4 is 0 Å². The molecule has 0 heterocycles. The number of hydrogen-bond acceptors (Lipinski definition) is 0. The summed E-state index contributed by atoms with van der Waals surface area (Å²) in [4.78, 5) is 0.307. The van der Waals surface area contributed by atoms with Gasteiger partial charge in [0.1, 0.15) is 5.82 Å². The number of alkyl halides is 1. The van der Waals surface area contributed by atoms with Crippen LogP contribution in [0.4, 0.5) is 4.39 Å². The van der Waals surface area contributed by atoms with Gasteiger partial charge in [0, 0.05) is 4.83 Å². The summed E-state index contributed by atoms with van der Waals surface area (Å²) in [6, 6.07) is 15.5. The smallest absolute Gasteiger partial charge is 0.123 e. The van der Waals surface area contributed by atoms with Crippen LogP contribution in [0.3, 0.4) is 0 Å². The molecule has 0 bridgehead atoms. The molecule has 3 rings (SSSR count). The summed E-state index contributed by atoms with van der Waals surface area (Å²) in [5.41, 5.74) is 4.12. The van der Waals surface area contributed by atoms with Crippen LogP contribution in [0.15, 0.2) is 48.5 Å². The van der Waals surface area contributed by atoms with Crippen LogP contribution in [-0.4, -0.2) is 0 Å². The fraction of sp³-hybridized carbons (Fsp3) is 0.294. The molecular weight excluding hydrogens is 303 g/mol. The van der Waals surface area contributed by atoms with Gasteiger partial charge in [-0.25, -0.2) is 4.39 Å². The van der Waals surface area contributed by atoms with Gasteiger partial charge in [0.2, 0.25) is 0 Å². The third kappa shape index (κ3) is 2.74. The van der Waals surface area contributed by atoms with Crippen molar-refractivity contribution in [3.63, 3.8) is 0 Å². The van der Waals surface area contributed by atoms with Gasteiger partial charge in [-0.15, -0.1) is 0 Å². The molecule has 0 radical (unpaired) electrons. The average Bonchev–Trinajstić information content (AvgIpc) is 2.47. The quantitative estimate of drug-likeness (QED) is 0.678. The molecule has 0 saturated carbocycles. The minimum atomic E-state index is -0.169. The second-order valence-electron chi connectivity index (χ2n) is 5.22. The summed E-state index contributed by atoms with van der Waals surface area (Å²) in [6.07, 6.45) is 3.43. The van der Waals surface area contributed by atoms with Crippen LogP contribution in [0.25, 0.3) is 0 Å². The van der Waals surface area contributed by atoms with Gasteiger partial charge in [-0.3, -0.25) is 0 Å². The Morgan fingerprint density at radius 2 is 1.68 bits per heavy atom. The summed E-state index contributed by atoms with van der Waals surface area (Å²) < 4.78 is 13.0. The van der Waals surface area contributed by atoms with Gasteiger partial charge in [0.25, 0.3) is 0 Å². The Hall–Kier alpha value is -1.15. The van der Waals surface area contributed by atoms with Gasteiger partial charge in [-0.1, -0.05) is 52.3 Å². The predicted molar refractivity (Wildman–Crippen MR) is 80.0 cm³/mol. The first-order chi connectivity index (χ1) is 9.24. The zero-order valence-corrected chi connectivity index (χ0v) is 12.2. The summed E-state index contributed by atoms with van der Waals surface area (Å²) in [6.45, 7) is 0. The molecule has 0 spiro atoms. The molecule has 0 aromatic heterocycles. The van der Waals surface area contributed by atoms with E-state index in [4.69, 9.17) is 0 Å². The zero-order chi connectivity index (χ0) is 13.2. The molecule has 2 heteroatoms. The maximum atomic E-state index is 13.0. The Labute approximate surface area is 121 Å². The average molecular weight is 319 g/mol. The van der Waals surface area contributed by atoms with Crippen molar-refractivity contribution in [3.05, 3.63) is 71.0 Å². The molecule has 2 atom stereocenters. The maximum Gasteiger partial charge on any atom is 0.123 e. The van der Waals surface area contributed by atoms with Gasteiger partial charge in [0.05, 0.1) is 0 Å². The lowest BCUT2D eigenvalue weighted by atomic mass is 9.81. The van der Waals surface area contributed by atoms with Crippen molar-refractivity contribution in [1.29, 1.82) is 0 Å². The molecule has 2 aromatic carbocycles. The number of fused-ring (bicyclic) bond motifs is 1. The first kappa shape index (κ1) is 12.9. The third-order valence-electron chi connectivity index (χ3n) is 3.99. The van der Waals surface area contributed by atoms with Crippen LogP contribution in [0.1, 0.15) is 27.9 Å². The standard InChI is InChI=1S/C17H16BrF/c18-17(13-7-9-16(19)10-8-13)15-6-5-12-3-1-2-4-14(12)11-15/h1-4,7-10,15,17H,5-6,11H2. The Morgan fingerprint density at radius 1 is 1.00 bits per heavy atom. The van der Waals surface area contributed by atoms with Crippen LogP contribution in [0.2, 0.25) is 0 Å². The minimum absolute atomic E-state index is 0.169. The van der Waals surface area contributed by atoms with E-state index in [0.29, 0.717) is 10.7 Å². The molecule has 98 valence electrons. The Morgan fingerprint density at radius 3 is 2.42 bits per heavy atom. The van der Waals surface area contributed by atoms with Crippen molar-refractivity contribution in [2.45, 2.75) is 24.1 Å². The lowest BCUT2D eigenvalue weighted by Crippen LogP contribution is -2.18. The molecule has 0 saturated heterocycles. The summed E-state index contributed by atoms with van der Waals surface area (Å²) in [5, 5.41) is 0. The molecule has 0 aliphatic heterocycles. The molecule has 2 aromatic rings. The highest BCUT2D eigenvalue weighted by molar-refractivity contribution is 9.09. The van der Waals surface area contributed by atoms with Crippen LogP contribution in [0, 0.1) is 11.7 Å². The molecule has 0 N–H and O–H groups in total. The largest absolute Gasteiger partial charge is 0.207 e. The zero-order valence-electron chi connectivity index (χ0n) is 10.7.